The average molecular weight is 728 g/mol. The van der Waals surface area contributed by atoms with Crippen LogP contribution in [0, 0.1) is 0 Å². The van der Waals surface area contributed by atoms with E-state index in [0.29, 0.717) is 0 Å². The van der Waals surface area contributed by atoms with Crippen LogP contribution in [0.4, 0.5) is 17.1 Å². The van der Waals surface area contributed by atoms with Gasteiger partial charge in [0.05, 0.1) is 10.8 Å². The number of nitrogen functional groups attached to an aromatic ring is 2. The maximum Gasteiger partial charge on any atom is 0.220 e. The van der Waals surface area contributed by atoms with Crippen molar-refractivity contribution < 1.29 is 43.1 Å². The normalized spacial score (nSPS) is 10.6. The lowest BCUT2D eigenvalue weighted by atomic mass is 9.98. The molecule has 0 atom stereocenters. The molecule has 45 heavy (non-hydrogen) atoms. The maximum atomic E-state index is 6.06. The molecule has 2 aromatic heterocycles. The number of pyridine rings is 2. The zero-order valence-corrected chi connectivity index (χ0v) is 29.5. The van der Waals surface area contributed by atoms with E-state index in [2.05, 4.69) is 133 Å². The highest BCUT2D eigenvalue weighted by molar-refractivity contribution is 6.10. The second-order valence-corrected chi connectivity index (χ2v) is 10.7. The highest BCUT2D eigenvalue weighted by Crippen LogP contribution is 2.32. The minimum absolute atomic E-state index is 0. The molecule has 5 nitrogen and oxygen atoms in total. The van der Waals surface area contributed by atoms with Crippen LogP contribution >= 0.6 is 0 Å². The van der Waals surface area contributed by atoms with Gasteiger partial charge in [0, 0.05) is 65.4 Å². The third kappa shape index (κ3) is 8.10. The Morgan fingerprint density at radius 2 is 1.27 bits per heavy atom. The van der Waals surface area contributed by atoms with Gasteiger partial charge < -0.3 is 50.3 Å². The van der Waals surface area contributed by atoms with Crippen LogP contribution in [-0.2, 0) is 14.1 Å². The summed E-state index contributed by atoms with van der Waals surface area (Å²) >= 11 is 0. The summed E-state index contributed by atoms with van der Waals surface area (Å²) in [5.41, 5.74) is 20.7. The Balaban J connectivity index is 0.000000238. The molecule has 0 amide bonds. The number of hydrogen-bond acceptors (Lipinski definition) is 3. The first-order valence-corrected chi connectivity index (χ1v) is 14.8. The zero-order chi connectivity index (χ0) is 30.3. The van der Waals surface area contributed by atoms with Gasteiger partial charge >= 0.3 is 0 Å². The number of nitrogens with zero attached hydrogens (tertiary/aromatic N) is 3. The zero-order valence-electron chi connectivity index (χ0n) is 26.3. The van der Waals surface area contributed by atoms with E-state index in [4.69, 9.17) is 11.5 Å². The summed E-state index contributed by atoms with van der Waals surface area (Å²) in [6.45, 7) is 6.47. The lowest BCUT2D eigenvalue weighted by Crippen LogP contribution is -3.00. The van der Waals surface area contributed by atoms with Gasteiger partial charge in [0.2, 0.25) is 16.9 Å². The SMILES string of the molecule is CCN(CC)c1ccc(C=Cc2cccc[n+]2C)cc1.C[n+]1c(-c2ccccc2)c2cc(N)ccc2c2ccc(N)cc21.[Br-].[Br-]. The van der Waals surface area contributed by atoms with Crippen LogP contribution in [0.5, 0.6) is 0 Å². The van der Waals surface area contributed by atoms with Gasteiger partial charge in [0.15, 0.2) is 6.20 Å². The van der Waals surface area contributed by atoms with E-state index >= 15 is 0 Å². The molecule has 4 aromatic carbocycles. The summed E-state index contributed by atoms with van der Waals surface area (Å²) in [7, 11) is 4.13. The fraction of sp³-hybridized carbons (Fsp3) is 0.158. The van der Waals surface area contributed by atoms with Gasteiger partial charge in [-0.3, -0.25) is 0 Å². The van der Waals surface area contributed by atoms with Crippen LogP contribution in [0.15, 0.2) is 115 Å². The molecule has 0 spiro atoms. The van der Waals surface area contributed by atoms with Gasteiger partial charge in [-0.1, -0.05) is 36.4 Å². The molecule has 0 aliphatic rings. The molecule has 0 bridgehead atoms. The lowest BCUT2D eigenvalue weighted by molar-refractivity contribution is -0.673. The Kier molecular flexibility index (Phi) is 12.7. The van der Waals surface area contributed by atoms with Crippen LogP contribution < -0.4 is 59.5 Å². The van der Waals surface area contributed by atoms with Crippen molar-refractivity contribution in [2.24, 2.45) is 14.1 Å². The summed E-state index contributed by atoms with van der Waals surface area (Å²) in [4.78, 5) is 2.35. The van der Waals surface area contributed by atoms with E-state index in [1.54, 1.807) is 0 Å². The molecule has 4 N–H and O–H groups in total. The predicted molar refractivity (Wildman–Crippen MR) is 183 cm³/mol. The number of aryl methyl sites for hydroxylation is 2. The second-order valence-electron chi connectivity index (χ2n) is 10.7. The minimum atomic E-state index is 0. The highest BCUT2D eigenvalue weighted by Gasteiger charge is 2.20. The number of nitrogens with two attached hydrogens (primary N) is 2. The van der Waals surface area contributed by atoms with Crippen molar-refractivity contribution in [3.8, 4) is 11.3 Å². The van der Waals surface area contributed by atoms with Gasteiger partial charge in [0.1, 0.15) is 14.1 Å². The first-order chi connectivity index (χ1) is 20.9. The largest absolute Gasteiger partial charge is 1.00 e. The van der Waals surface area contributed by atoms with Crippen molar-refractivity contribution >= 4 is 50.9 Å². The molecule has 6 aromatic rings. The standard InChI is InChI=1S/C20H17N3.C18H23N2.2BrH/c1-23-19-12-15(22)8-10-17(19)16-9-7-14(21)11-18(16)20(23)13-5-3-2-4-6-13;1-4-20(5-2)18-13-10-16(11-14-18)9-12-17-8-6-7-15-19(17)3;;/h2-12,22H,21H2,1H3;6-15H,4-5H2,1-3H3;2*1H/q;+1;;/p-1. The first-order valence-electron chi connectivity index (χ1n) is 14.8. The smallest absolute Gasteiger partial charge is 0.220 e. The lowest BCUT2D eigenvalue weighted by Gasteiger charge is -2.20. The fourth-order valence-corrected chi connectivity index (χ4v) is 5.57. The molecule has 0 saturated carbocycles. The summed E-state index contributed by atoms with van der Waals surface area (Å²) in [5.74, 6) is 0. The fourth-order valence-electron chi connectivity index (χ4n) is 5.57. The van der Waals surface area contributed by atoms with Crippen molar-refractivity contribution in [1.82, 2.24) is 0 Å². The second kappa shape index (κ2) is 16.2. The van der Waals surface area contributed by atoms with Crippen LogP contribution in [0.1, 0.15) is 25.1 Å². The van der Waals surface area contributed by atoms with Gasteiger partial charge in [-0.25, -0.2) is 4.57 Å². The quantitative estimate of drug-likeness (QED) is 0.154. The first kappa shape index (κ1) is 35.3. The topological polar surface area (TPSA) is 63.0 Å². The third-order valence-electron chi connectivity index (χ3n) is 7.92. The van der Waals surface area contributed by atoms with Crippen molar-refractivity contribution in [2.45, 2.75) is 13.8 Å². The minimum Gasteiger partial charge on any atom is -1.00 e. The van der Waals surface area contributed by atoms with Crippen LogP contribution in [0.3, 0.4) is 0 Å². The molecule has 2 heterocycles. The Labute approximate surface area is 288 Å². The molecule has 0 radical (unpaired) electrons. The Hall–Kier alpha value is -4.20. The van der Waals surface area contributed by atoms with Crippen LogP contribution in [0.25, 0.3) is 45.1 Å². The van der Waals surface area contributed by atoms with Gasteiger partial charge in [-0.15, -0.1) is 0 Å². The molecule has 0 aliphatic carbocycles. The number of benzene rings is 4. The van der Waals surface area contributed by atoms with Crippen molar-refractivity contribution in [3.05, 3.63) is 127 Å². The maximum absolute atomic E-state index is 6.06. The molecule has 6 rings (SSSR count). The number of rotatable bonds is 6. The van der Waals surface area contributed by atoms with Crippen LogP contribution in [0.2, 0.25) is 0 Å². The van der Waals surface area contributed by atoms with Crippen molar-refractivity contribution in [2.75, 3.05) is 29.5 Å². The molecular formula is C38H41Br2N5. The summed E-state index contributed by atoms with van der Waals surface area (Å²) < 4.78 is 4.31. The predicted octanol–water partition coefficient (Wildman–Crippen LogP) is 1.18. The Bertz CT molecular complexity index is 1880. The monoisotopic (exact) mass is 725 g/mol. The molecular weight excluding hydrogens is 686 g/mol. The molecule has 0 saturated heterocycles. The van der Waals surface area contributed by atoms with E-state index in [0.717, 1.165) is 46.6 Å². The average Bonchev–Trinajstić information content (AvgIpc) is 3.03. The van der Waals surface area contributed by atoms with E-state index in [1.807, 2.05) is 36.4 Å². The van der Waals surface area contributed by atoms with Gasteiger partial charge in [0.25, 0.3) is 0 Å². The number of hydrogen-bond donors (Lipinski definition) is 2. The molecule has 0 aliphatic heterocycles. The Morgan fingerprint density at radius 1 is 0.644 bits per heavy atom. The molecule has 7 heteroatoms. The Morgan fingerprint density at radius 3 is 1.91 bits per heavy atom. The van der Waals surface area contributed by atoms with Crippen molar-refractivity contribution in [3.63, 3.8) is 0 Å². The van der Waals surface area contributed by atoms with Gasteiger partial charge in [-0.2, -0.15) is 4.57 Å². The number of halogens is 2. The molecule has 0 unspecified atom stereocenters. The number of fused-ring (bicyclic) bond motifs is 3. The highest BCUT2D eigenvalue weighted by atomic mass is 79.9. The molecule has 0 fully saturated rings. The van der Waals surface area contributed by atoms with E-state index in [-0.39, 0.29) is 34.0 Å². The third-order valence-corrected chi connectivity index (χ3v) is 7.92. The van der Waals surface area contributed by atoms with E-state index in [1.165, 1.54) is 27.7 Å². The molecule has 232 valence electrons. The number of anilines is 3. The summed E-state index contributed by atoms with van der Waals surface area (Å²) in [6, 6.07) is 37.5. The van der Waals surface area contributed by atoms with E-state index in [9.17, 15) is 0 Å². The van der Waals surface area contributed by atoms with Gasteiger partial charge in [-0.05, 0) is 80.1 Å². The summed E-state index contributed by atoms with van der Waals surface area (Å²) in [5, 5.41) is 3.51. The van der Waals surface area contributed by atoms with E-state index < -0.39 is 0 Å². The number of aromatic nitrogens is 2. The van der Waals surface area contributed by atoms with Crippen molar-refractivity contribution in [1.29, 1.82) is 0 Å². The summed E-state index contributed by atoms with van der Waals surface area (Å²) in [6.07, 6.45) is 6.36. The van der Waals surface area contributed by atoms with Crippen LogP contribution in [-0.4, -0.2) is 13.1 Å².